The molecule has 0 aliphatic heterocycles. The van der Waals surface area contributed by atoms with E-state index in [0.29, 0.717) is 31.1 Å². The van der Waals surface area contributed by atoms with Crippen LogP contribution in [-0.2, 0) is 9.59 Å². The van der Waals surface area contributed by atoms with Crippen molar-refractivity contribution in [1.29, 1.82) is 0 Å². The van der Waals surface area contributed by atoms with Crippen molar-refractivity contribution in [2.75, 3.05) is 0 Å². The van der Waals surface area contributed by atoms with Gasteiger partial charge in [-0.2, -0.15) is 0 Å². The second-order valence-electron chi connectivity index (χ2n) is 6.36. The summed E-state index contributed by atoms with van der Waals surface area (Å²) in [4.78, 5) is 22.3. The summed E-state index contributed by atoms with van der Waals surface area (Å²) in [6.45, 7) is 0. The fourth-order valence-corrected chi connectivity index (χ4v) is 3.91. The molecular formula is C14H24N2O4. The van der Waals surface area contributed by atoms with Gasteiger partial charge in [0, 0.05) is 12.1 Å². The normalized spacial score (nSPS) is 42.1. The molecule has 6 unspecified atom stereocenters. The van der Waals surface area contributed by atoms with Crippen molar-refractivity contribution in [1.82, 2.24) is 0 Å². The molecule has 0 amide bonds. The third-order valence-corrected chi connectivity index (χ3v) is 5.19. The lowest BCUT2D eigenvalue weighted by atomic mass is 9.66. The van der Waals surface area contributed by atoms with Crippen LogP contribution in [0.1, 0.15) is 38.5 Å². The molecule has 6 heteroatoms. The van der Waals surface area contributed by atoms with Crippen molar-refractivity contribution in [3.05, 3.63) is 0 Å². The van der Waals surface area contributed by atoms with Crippen molar-refractivity contribution in [2.45, 2.75) is 50.6 Å². The molecule has 0 aromatic rings. The van der Waals surface area contributed by atoms with Crippen LogP contribution in [0.25, 0.3) is 0 Å². The first-order chi connectivity index (χ1) is 9.40. The zero-order valence-corrected chi connectivity index (χ0v) is 11.6. The van der Waals surface area contributed by atoms with E-state index in [1.165, 1.54) is 0 Å². The van der Waals surface area contributed by atoms with Crippen molar-refractivity contribution < 1.29 is 19.8 Å². The predicted molar refractivity (Wildman–Crippen MR) is 72.9 cm³/mol. The Labute approximate surface area is 118 Å². The van der Waals surface area contributed by atoms with Gasteiger partial charge in [-0.15, -0.1) is 0 Å². The average Bonchev–Trinajstić information content (AvgIpc) is 2.38. The summed E-state index contributed by atoms with van der Waals surface area (Å²) in [7, 11) is 0. The van der Waals surface area contributed by atoms with Gasteiger partial charge < -0.3 is 21.7 Å². The fraction of sp³-hybridized carbons (Fsp3) is 0.857. The zero-order valence-electron chi connectivity index (χ0n) is 11.6. The van der Waals surface area contributed by atoms with Gasteiger partial charge in [0.1, 0.15) is 0 Å². The van der Waals surface area contributed by atoms with Crippen LogP contribution in [-0.4, -0.2) is 34.2 Å². The number of hydrogen-bond donors (Lipinski definition) is 4. The van der Waals surface area contributed by atoms with Gasteiger partial charge in [0.05, 0.1) is 11.8 Å². The molecule has 0 heterocycles. The molecule has 0 radical (unpaired) electrons. The first-order valence-corrected chi connectivity index (χ1v) is 7.37. The number of carboxylic acid groups (broad SMARTS) is 2. The largest absolute Gasteiger partial charge is 0.481 e. The third-order valence-electron chi connectivity index (χ3n) is 5.19. The Kier molecular flexibility index (Phi) is 4.65. The highest BCUT2D eigenvalue weighted by molar-refractivity contribution is 5.71. The molecule has 2 fully saturated rings. The summed E-state index contributed by atoms with van der Waals surface area (Å²) in [5.41, 5.74) is 11.9. The molecular weight excluding hydrogens is 260 g/mol. The molecule has 20 heavy (non-hydrogen) atoms. The molecule has 0 bridgehead atoms. The van der Waals surface area contributed by atoms with Gasteiger partial charge in [-0.25, -0.2) is 0 Å². The molecule has 6 atom stereocenters. The van der Waals surface area contributed by atoms with Crippen LogP contribution in [0.2, 0.25) is 0 Å². The highest BCUT2D eigenvalue weighted by Crippen LogP contribution is 2.41. The molecule has 2 rings (SSSR count). The van der Waals surface area contributed by atoms with Gasteiger partial charge in [0.2, 0.25) is 0 Å². The van der Waals surface area contributed by atoms with Gasteiger partial charge in [0.15, 0.2) is 0 Å². The lowest BCUT2D eigenvalue weighted by Gasteiger charge is -2.40. The number of rotatable bonds is 3. The van der Waals surface area contributed by atoms with E-state index in [4.69, 9.17) is 16.6 Å². The Bertz CT molecular complexity index is 387. The summed E-state index contributed by atoms with van der Waals surface area (Å²) < 4.78 is 0. The zero-order chi connectivity index (χ0) is 14.9. The smallest absolute Gasteiger partial charge is 0.308 e. The lowest BCUT2D eigenvalue weighted by molar-refractivity contribution is -0.144. The molecule has 6 N–H and O–H groups in total. The predicted octanol–water partition coefficient (Wildman–Crippen LogP) is 0.643. The molecule has 0 aromatic heterocycles. The number of aliphatic carboxylic acids is 2. The van der Waals surface area contributed by atoms with E-state index in [9.17, 15) is 14.7 Å². The van der Waals surface area contributed by atoms with E-state index < -0.39 is 23.8 Å². The molecule has 2 aliphatic carbocycles. The van der Waals surface area contributed by atoms with Crippen LogP contribution < -0.4 is 11.5 Å². The summed E-state index contributed by atoms with van der Waals surface area (Å²) >= 11 is 0. The van der Waals surface area contributed by atoms with E-state index in [2.05, 4.69) is 0 Å². The highest BCUT2D eigenvalue weighted by atomic mass is 16.4. The van der Waals surface area contributed by atoms with Gasteiger partial charge in [0.25, 0.3) is 0 Å². The minimum Gasteiger partial charge on any atom is -0.481 e. The van der Waals surface area contributed by atoms with E-state index in [1.807, 2.05) is 0 Å². The van der Waals surface area contributed by atoms with Crippen LogP contribution in [0.5, 0.6) is 0 Å². The van der Waals surface area contributed by atoms with Gasteiger partial charge in [-0.3, -0.25) is 9.59 Å². The molecule has 0 spiro atoms. The number of nitrogens with two attached hydrogens (primary N) is 2. The monoisotopic (exact) mass is 284 g/mol. The maximum Gasteiger partial charge on any atom is 0.308 e. The molecule has 114 valence electrons. The van der Waals surface area contributed by atoms with Gasteiger partial charge >= 0.3 is 11.9 Å². The Morgan fingerprint density at radius 2 is 1.30 bits per heavy atom. The first kappa shape index (κ1) is 15.3. The van der Waals surface area contributed by atoms with Crippen LogP contribution in [0.15, 0.2) is 0 Å². The van der Waals surface area contributed by atoms with Crippen molar-refractivity contribution in [2.24, 2.45) is 35.1 Å². The van der Waals surface area contributed by atoms with Crippen LogP contribution >= 0.6 is 0 Å². The lowest BCUT2D eigenvalue weighted by Crippen LogP contribution is -2.46. The minimum atomic E-state index is -0.815. The second kappa shape index (κ2) is 6.10. The Hall–Kier alpha value is -1.14. The molecule has 0 saturated heterocycles. The molecule has 2 aliphatic rings. The van der Waals surface area contributed by atoms with Crippen molar-refractivity contribution >= 4 is 11.9 Å². The maximum atomic E-state index is 11.2. The maximum absolute atomic E-state index is 11.2. The SMILES string of the molecule is NC1CC(C2CCC(N)C(C(=O)O)C2)CCC1C(=O)O. The van der Waals surface area contributed by atoms with Gasteiger partial charge in [-0.1, -0.05) is 0 Å². The molecule has 0 aromatic carbocycles. The number of hydrogen-bond acceptors (Lipinski definition) is 4. The van der Waals surface area contributed by atoms with E-state index in [0.717, 1.165) is 19.3 Å². The Morgan fingerprint density at radius 3 is 1.85 bits per heavy atom. The summed E-state index contributed by atoms with van der Waals surface area (Å²) in [6, 6.07) is -0.571. The number of carbonyl (C=O) groups is 2. The fourth-order valence-electron chi connectivity index (χ4n) is 3.91. The minimum absolute atomic E-state index is 0.257. The van der Waals surface area contributed by atoms with E-state index in [1.54, 1.807) is 0 Å². The summed E-state index contributed by atoms with van der Waals surface area (Å²) in [5, 5.41) is 18.3. The Balaban J connectivity index is 1.96. The second-order valence-corrected chi connectivity index (χ2v) is 6.36. The summed E-state index contributed by atoms with van der Waals surface area (Å²) in [5.74, 6) is -1.89. The molecule has 6 nitrogen and oxygen atoms in total. The van der Waals surface area contributed by atoms with E-state index in [-0.39, 0.29) is 12.1 Å². The first-order valence-electron chi connectivity index (χ1n) is 7.37. The van der Waals surface area contributed by atoms with Crippen molar-refractivity contribution in [3.8, 4) is 0 Å². The quantitative estimate of drug-likeness (QED) is 0.602. The topological polar surface area (TPSA) is 127 Å². The third kappa shape index (κ3) is 3.12. The summed E-state index contributed by atoms with van der Waals surface area (Å²) in [6.07, 6.45) is 4.38. The number of carboxylic acids is 2. The average molecular weight is 284 g/mol. The van der Waals surface area contributed by atoms with Gasteiger partial charge in [-0.05, 0) is 50.4 Å². The molecule has 2 saturated carbocycles. The van der Waals surface area contributed by atoms with Crippen LogP contribution in [0, 0.1) is 23.7 Å². The Morgan fingerprint density at radius 1 is 0.750 bits per heavy atom. The highest BCUT2D eigenvalue weighted by Gasteiger charge is 2.40. The van der Waals surface area contributed by atoms with Crippen LogP contribution in [0.4, 0.5) is 0 Å². The van der Waals surface area contributed by atoms with E-state index >= 15 is 0 Å². The standard InChI is InChI=1S/C14H24N2O4/c15-11-4-2-7(5-10(11)14(19)20)8-1-3-9(13(17)18)12(16)6-8/h7-12H,1-6,15-16H2,(H,17,18)(H,19,20). The van der Waals surface area contributed by atoms with Crippen LogP contribution in [0.3, 0.4) is 0 Å². The van der Waals surface area contributed by atoms with Crippen molar-refractivity contribution in [3.63, 3.8) is 0 Å².